The minimum atomic E-state index is -4.29. The molecular formula is C14H16F3NO2. The van der Waals surface area contributed by atoms with Gasteiger partial charge in [-0.2, -0.15) is 13.2 Å². The van der Waals surface area contributed by atoms with E-state index in [1.807, 2.05) is 6.07 Å². The van der Waals surface area contributed by atoms with Crippen LogP contribution in [0.2, 0.25) is 0 Å². The van der Waals surface area contributed by atoms with Crippen molar-refractivity contribution in [1.29, 1.82) is 0 Å². The highest BCUT2D eigenvalue weighted by Crippen LogP contribution is 2.17. The number of hydrogen-bond acceptors (Lipinski definition) is 3. The minimum absolute atomic E-state index is 0.00381. The molecule has 0 aromatic heterocycles. The summed E-state index contributed by atoms with van der Waals surface area (Å²) in [6.07, 6.45) is -3.92. The van der Waals surface area contributed by atoms with E-state index in [4.69, 9.17) is 10.5 Å². The molecule has 0 saturated heterocycles. The molecule has 110 valence electrons. The monoisotopic (exact) mass is 287 g/mol. The fourth-order valence-corrected chi connectivity index (χ4v) is 1.37. The van der Waals surface area contributed by atoms with Crippen LogP contribution in [0.15, 0.2) is 24.3 Å². The molecule has 0 atom stereocenters. The number of halogens is 3. The Morgan fingerprint density at radius 2 is 1.90 bits per heavy atom. The fourth-order valence-electron chi connectivity index (χ4n) is 1.37. The van der Waals surface area contributed by atoms with Crippen molar-refractivity contribution in [3.05, 3.63) is 29.8 Å². The van der Waals surface area contributed by atoms with E-state index in [1.54, 1.807) is 18.2 Å². The van der Waals surface area contributed by atoms with Crippen LogP contribution in [0.1, 0.15) is 12.0 Å². The summed E-state index contributed by atoms with van der Waals surface area (Å²) in [6.45, 7) is -0.722. The lowest BCUT2D eigenvalue weighted by Gasteiger charge is -2.09. The van der Waals surface area contributed by atoms with Crippen LogP contribution in [0.4, 0.5) is 13.2 Å². The zero-order valence-corrected chi connectivity index (χ0v) is 10.9. The molecule has 0 radical (unpaired) electrons. The summed E-state index contributed by atoms with van der Waals surface area (Å²) >= 11 is 0. The van der Waals surface area contributed by atoms with Crippen LogP contribution in [-0.2, 0) is 4.74 Å². The Labute approximate surface area is 115 Å². The quantitative estimate of drug-likeness (QED) is 0.645. The van der Waals surface area contributed by atoms with Crippen LogP contribution in [0.5, 0.6) is 5.75 Å². The molecule has 20 heavy (non-hydrogen) atoms. The number of benzene rings is 1. The second-order valence-electron chi connectivity index (χ2n) is 3.87. The van der Waals surface area contributed by atoms with E-state index in [0.717, 1.165) is 0 Å². The molecule has 0 saturated carbocycles. The zero-order chi connectivity index (χ0) is 14.8. The van der Waals surface area contributed by atoms with Crippen LogP contribution in [0.3, 0.4) is 0 Å². The minimum Gasteiger partial charge on any atom is -0.492 e. The standard InChI is InChI=1S/C14H16F3NO2/c15-14(16,17)11-19-9-4-10-20-13-7-2-1-5-12(13)6-3-8-18/h1-2,5,7H,4,8-11,18H2. The molecule has 0 aliphatic rings. The van der Waals surface area contributed by atoms with Gasteiger partial charge in [-0.25, -0.2) is 0 Å². The van der Waals surface area contributed by atoms with Gasteiger partial charge in [0.25, 0.3) is 0 Å². The number of ether oxygens (including phenoxy) is 2. The first-order valence-corrected chi connectivity index (χ1v) is 6.08. The van der Waals surface area contributed by atoms with Gasteiger partial charge in [0.15, 0.2) is 0 Å². The van der Waals surface area contributed by atoms with Gasteiger partial charge in [-0.1, -0.05) is 24.0 Å². The van der Waals surface area contributed by atoms with E-state index in [0.29, 0.717) is 17.7 Å². The molecule has 0 bridgehead atoms. The van der Waals surface area contributed by atoms with Gasteiger partial charge < -0.3 is 15.2 Å². The van der Waals surface area contributed by atoms with Gasteiger partial charge in [0.05, 0.1) is 25.3 Å². The molecule has 0 amide bonds. The number of hydrogen-bond donors (Lipinski definition) is 1. The molecule has 0 spiro atoms. The van der Waals surface area contributed by atoms with E-state index in [2.05, 4.69) is 16.6 Å². The number of nitrogens with two attached hydrogens (primary N) is 1. The van der Waals surface area contributed by atoms with Gasteiger partial charge in [0, 0.05) is 6.42 Å². The van der Waals surface area contributed by atoms with Crippen molar-refractivity contribution in [1.82, 2.24) is 0 Å². The van der Waals surface area contributed by atoms with Crippen LogP contribution in [0, 0.1) is 11.8 Å². The molecule has 0 aliphatic carbocycles. The first-order chi connectivity index (χ1) is 9.53. The van der Waals surface area contributed by atoms with E-state index in [1.165, 1.54) is 0 Å². The molecule has 0 heterocycles. The summed E-state index contributed by atoms with van der Waals surface area (Å²) in [5.74, 6) is 6.17. The Morgan fingerprint density at radius 3 is 2.60 bits per heavy atom. The first-order valence-electron chi connectivity index (χ1n) is 6.08. The average molecular weight is 287 g/mol. The summed E-state index contributed by atoms with van der Waals surface area (Å²) < 4.78 is 45.4. The van der Waals surface area contributed by atoms with Crippen LogP contribution in [-0.4, -0.2) is 32.5 Å². The average Bonchev–Trinajstić information content (AvgIpc) is 2.40. The van der Waals surface area contributed by atoms with Crippen molar-refractivity contribution in [3.8, 4) is 17.6 Å². The Bertz CT molecular complexity index is 463. The van der Waals surface area contributed by atoms with Gasteiger partial charge in [-0.3, -0.25) is 0 Å². The number of rotatable bonds is 6. The molecule has 1 aromatic carbocycles. The summed E-state index contributed by atoms with van der Waals surface area (Å²) in [4.78, 5) is 0. The number of alkyl halides is 3. The smallest absolute Gasteiger partial charge is 0.411 e. The Hall–Kier alpha value is -1.71. The normalized spacial score (nSPS) is 10.8. The molecule has 1 rings (SSSR count). The fraction of sp³-hybridized carbons (Fsp3) is 0.429. The van der Waals surface area contributed by atoms with Crippen molar-refractivity contribution in [2.75, 3.05) is 26.4 Å². The Balaban J connectivity index is 2.32. The van der Waals surface area contributed by atoms with Crippen molar-refractivity contribution in [2.45, 2.75) is 12.6 Å². The predicted molar refractivity (Wildman–Crippen MR) is 69.4 cm³/mol. The second kappa shape index (κ2) is 8.46. The lowest BCUT2D eigenvalue weighted by Crippen LogP contribution is -2.18. The first kappa shape index (κ1) is 16.3. The van der Waals surface area contributed by atoms with Crippen molar-refractivity contribution in [3.63, 3.8) is 0 Å². The third-order valence-corrected chi connectivity index (χ3v) is 2.17. The van der Waals surface area contributed by atoms with Crippen LogP contribution in [0.25, 0.3) is 0 Å². The largest absolute Gasteiger partial charge is 0.492 e. The summed E-state index contributed by atoms with van der Waals surface area (Å²) in [6, 6.07) is 7.15. The van der Waals surface area contributed by atoms with Gasteiger partial charge >= 0.3 is 6.18 Å². The third-order valence-electron chi connectivity index (χ3n) is 2.17. The highest BCUT2D eigenvalue weighted by molar-refractivity contribution is 5.45. The summed E-state index contributed by atoms with van der Waals surface area (Å²) in [5.41, 5.74) is 6.00. The third kappa shape index (κ3) is 7.02. The zero-order valence-electron chi connectivity index (χ0n) is 10.9. The second-order valence-corrected chi connectivity index (χ2v) is 3.87. The molecule has 0 unspecified atom stereocenters. The van der Waals surface area contributed by atoms with E-state index < -0.39 is 12.8 Å². The molecular weight excluding hydrogens is 271 g/mol. The van der Waals surface area contributed by atoms with E-state index in [-0.39, 0.29) is 19.8 Å². The highest BCUT2D eigenvalue weighted by Gasteiger charge is 2.27. The number of para-hydroxylation sites is 1. The van der Waals surface area contributed by atoms with Gasteiger partial charge in [-0.05, 0) is 12.1 Å². The molecule has 0 aliphatic heterocycles. The lowest BCUT2D eigenvalue weighted by molar-refractivity contribution is -0.174. The Kier molecular flexibility index (Phi) is 6.91. The molecule has 1 aromatic rings. The van der Waals surface area contributed by atoms with Crippen molar-refractivity contribution >= 4 is 0 Å². The summed E-state index contributed by atoms with van der Waals surface area (Å²) in [7, 11) is 0. The van der Waals surface area contributed by atoms with Gasteiger partial charge in [-0.15, -0.1) is 0 Å². The highest BCUT2D eigenvalue weighted by atomic mass is 19.4. The predicted octanol–water partition coefficient (Wildman–Crippen LogP) is 2.34. The molecule has 2 N–H and O–H groups in total. The molecule has 3 nitrogen and oxygen atoms in total. The van der Waals surface area contributed by atoms with E-state index >= 15 is 0 Å². The van der Waals surface area contributed by atoms with E-state index in [9.17, 15) is 13.2 Å². The summed E-state index contributed by atoms with van der Waals surface area (Å²) in [5, 5.41) is 0. The van der Waals surface area contributed by atoms with Crippen molar-refractivity contribution < 1.29 is 22.6 Å². The van der Waals surface area contributed by atoms with Crippen LogP contribution < -0.4 is 10.5 Å². The Morgan fingerprint density at radius 1 is 1.15 bits per heavy atom. The SMILES string of the molecule is NCC#Cc1ccccc1OCCCOCC(F)(F)F. The maximum atomic E-state index is 11.8. The lowest BCUT2D eigenvalue weighted by atomic mass is 10.2. The topological polar surface area (TPSA) is 44.5 Å². The van der Waals surface area contributed by atoms with Gasteiger partial charge in [0.2, 0.25) is 0 Å². The van der Waals surface area contributed by atoms with Crippen LogP contribution >= 0.6 is 0 Å². The van der Waals surface area contributed by atoms with Crippen molar-refractivity contribution in [2.24, 2.45) is 5.73 Å². The maximum absolute atomic E-state index is 11.8. The molecule has 0 fully saturated rings. The molecule has 6 heteroatoms. The van der Waals surface area contributed by atoms with Gasteiger partial charge in [0.1, 0.15) is 12.4 Å². The maximum Gasteiger partial charge on any atom is 0.411 e.